The van der Waals surface area contributed by atoms with Gasteiger partial charge in [0.15, 0.2) is 5.78 Å². The number of aryl methyl sites for hydroxylation is 1. The monoisotopic (exact) mass is 426 g/mol. The Balaban J connectivity index is 1.40. The van der Waals surface area contributed by atoms with Gasteiger partial charge in [0, 0.05) is 36.5 Å². The number of pyridine rings is 1. The summed E-state index contributed by atoms with van der Waals surface area (Å²) in [5.41, 5.74) is 2.29. The quantitative estimate of drug-likeness (QED) is 0.565. The highest BCUT2D eigenvalue weighted by Gasteiger charge is 2.25. The minimum Gasteiger partial charge on any atom is -0.310 e. The molecule has 0 saturated carbocycles. The van der Waals surface area contributed by atoms with Gasteiger partial charge in [0.05, 0.1) is 10.5 Å². The number of benzene rings is 2. The maximum Gasteiger partial charge on any atom is 0.251 e. The zero-order chi connectivity index (χ0) is 21.3. The maximum atomic E-state index is 13.1. The third kappa shape index (κ3) is 4.18. The Morgan fingerprint density at radius 1 is 1.13 bits per heavy atom. The molecule has 0 amide bonds. The van der Waals surface area contributed by atoms with Gasteiger partial charge in [-0.1, -0.05) is 23.7 Å². The van der Waals surface area contributed by atoms with E-state index in [9.17, 15) is 14.0 Å². The topological polar surface area (TPSA) is 42.3 Å². The molecule has 2 heterocycles. The number of likely N-dealkylation sites (tertiary alicyclic amines) is 1. The summed E-state index contributed by atoms with van der Waals surface area (Å²) in [6.45, 7) is 2.49. The van der Waals surface area contributed by atoms with Crippen LogP contribution in [-0.2, 0) is 13.5 Å². The van der Waals surface area contributed by atoms with E-state index in [4.69, 9.17) is 11.6 Å². The number of hydrogen-bond acceptors (Lipinski definition) is 3. The van der Waals surface area contributed by atoms with Gasteiger partial charge in [-0.15, -0.1) is 0 Å². The first kappa shape index (κ1) is 20.8. The summed E-state index contributed by atoms with van der Waals surface area (Å²) in [7, 11) is 1.74. The predicted octanol–water partition coefficient (Wildman–Crippen LogP) is 4.47. The number of carbonyl (C=O) groups is 1. The van der Waals surface area contributed by atoms with Crippen molar-refractivity contribution in [2.45, 2.75) is 19.3 Å². The van der Waals surface area contributed by atoms with Gasteiger partial charge in [0.25, 0.3) is 5.56 Å². The molecule has 1 saturated heterocycles. The highest BCUT2D eigenvalue weighted by molar-refractivity contribution is 6.35. The van der Waals surface area contributed by atoms with Gasteiger partial charge < -0.3 is 9.47 Å². The Morgan fingerprint density at radius 2 is 1.83 bits per heavy atom. The van der Waals surface area contributed by atoms with Crippen molar-refractivity contribution in [3.05, 3.63) is 80.9 Å². The molecule has 0 spiro atoms. The Bertz CT molecular complexity index is 1130. The van der Waals surface area contributed by atoms with Crippen LogP contribution in [0.2, 0.25) is 5.02 Å². The van der Waals surface area contributed by atoms with E-state index in [-0.39, 0.29) is 23.1 Å². The van der Waals surface area contributed by atoms with Gasteiger partial charge in [0.1, 0.15) is 5.82 Å². The SMILES string of the molecule is Cn1c(=O)cc(CCN2CCC(C(=O)c3ccc(F)cc3)CC2)c2cccc(Cl)c21. The number of fused-ring (bicyclic) bond motifs is 1. The van der Waals surface area contributed by atoms with Crippen LogP contribution in [0.25, 0.3) is 10.9 Å². The van der Waals surface area contributed by atoms with Crippen molar-refractivity contribution in [2.75, 3.05) is 19.6 Å². The van der Waals surface area contributed by atoms with Crippen LogP contribution < -0.4 is 5.56 Å². The average Bonchev–Trinajstić information content (AvgIpc) is 2.75. The molecule has 1 aliphatic rings. The number of Topliss-reactive ketones (excluding diaryl/α,β-unsaturated/α-hetero) is 1. The van der Waals surface area contributed by atoms with Gasteiger partial charge in [-0.2, -0.15) is 0 Å². The first-order valence-corrected chi connectivity index (χ1v) is 10.6. The average molecular weight is 427 g/mol. The second kappa shape index (κ2) is 8.70. The van der Waals surface area contributed by atoms with Crippen LogP contribution in [-0.4, -0.2) is 34.9 Å². The van der Waals surface area contributed by atoms with Gasteiger partial charge in [-0.3, -0.25) is 9.59 Å². The molecule has 30 heavy (non-hydrogen) atoms. The van der Waals surface area contributed by atoms with E-state index in [1.165, 1.54) is 12.1 Å². The fraction of sp³-hybridized carbons (Fsp3) is 0.333. The van der Waals surface area contributed by atoms with Gasteiger partial charge >= 0.3 is 0 Å². The van der Waals surface area contributed by atoms with Crippen LogP contribution in [0.1, 0.15) is 28.8 Å². The van der Waals surface area contributed by atoms with E-state index in [1.54, 1.807) is 35.9 Å². The number of halogens is 2. The number of carbonyl (C=O) groups excluding carboxylic acids is 1. The van der Waals surface area contributed by atoms with Crippen molar-refractivity contribution in [3.63, 3.8) is 0 Å². The van der Waals surface area contributed by atoms with Crippen LogP contribution in [0, 0.1) is 11.7 Å². The number of aromatic nitrogens is 1. The molecule has 156 valence electrons. The molecule has 0 aliphatic carbocycles. The van der Waals surface area contributed by atoms with Crippen molar-refractivity contribution < 1.29 is 9.18 Å². The molecule has 2 aromatic carbocycles. The Kier molecular flexibility index (Phi) is 6.02. The number of hydrogen-bond donors (Lipinski definition) is 0. The van der Waals surface area contributed by atoms with E-state index in [0.717, 1.165) is 55.4 Å². The molecule has 3 aromatic rings. The van der Waals surface area contributed by atoms with Crippen LogP contribution in [0.5, 0.6) is 0 Å². The molecule has 1 aliphatic heterocycles. The molecule has 4 rings (SSSR count). The molecule has 0 unspecified atom stereocenters. The number of nitrogens with zero attached hydrogens (tertiary/aromatic N) is 2. The van der Waals surface area contributed by atoms with E-state index < -0.39 is 0 Å². The van der Waals surface area contributed by atoms with Crippen molar-refractivity contribution in [3.8, 4) is 0 Å². The summed E-state index contributed by atoms with van der Waals surface area (Å²) in [5.74, 6) is -0.247. The molecular weight excluding hydrogens is 403 g/mol. The largest absolute Gasteiger partial charge is 0.310 e. The molecule has 1 aromatic heterocycles. The van der Waals surface area contributed by atoms with E-state index >= 15 is 0 Å². The van der Waals surface area contributed by atoms with Crippen molar-refractivity contribution in [1.82, 2.24) is 9.47 Å². The first-order chi connectivity index (χ1) is 14.4. The Labute approximate surface area is 179 Å². The Morgan fingerprint density at radius 3 is 2.53 bits per heavy atom. The lowest BCUT2D eigenvalue weighted by molar-refractivity contribution is 0.0841. The minimum atomic E-state index is -0.328. The number of ketones is 1. The smallest absolute Gasteiger partial charge is 0.251 e. The number of piperidine rings is 1. The summed E-state index contributed by atoms with van der Waals surface area (Å²) in [4.78, 5) is 27.4. The standard InChI is InChI=1S/C24H24ClFN2O2/c1-27-22(29)15-18(20-3-2-4-21(25)23(20)27)11-14-28-12-9-17(10-13-28)24(30)16-5-7-19(26)8-6-16/h2-8,15,17H,9-14H2,1H3. The zero-order valence-corrected chi connectivity index (χ0v) is 17.7. The highest BCUT2D eigenvalue weighted by Crippen LogP contribution is 2.26. The molecule has 6 heteroatoms. The number of para-hydroxylation sites is 1. The Hall–Kier alpha value is -2.50. The summed E-state index contributed by atoms with van der Waals surface area (Å²) in [5, 5.41) is 1.58. The fourth-order valence-electron chi connectivity index (χ4n) is 4.30. The lowest BCUT2D eigenvalue weighted by atomic mass is 9.88. The van der Waals surface area contributed by atoms with Crippen LogP contribution in [0.3, 0.4) is 0 Å². The second-order valence-electron chi connectivity index (χ2n) is 7.94. The molecule has 0 atom stereocenters. The predicted molar refractivity (Wildman–Crippen MR) is 118 cm³/mol. The molecule has 0 N–H and O–H groups in total. The lowest BCUT2D eigenvalue weighted by Crippen LogP contribution is -2.37. The third-order valence-electron chi connectivity index (χ3n) is 6.08. The molecule has 1 fully saturated rings. The normalized spacial score (nSPS) is 15.6. The molecule has 4 nitrogen and oxygen atoms in total. The summed E-state index contributed by atoms with van der Waals surface area (Å²) in [6, 6.07) is 13.2. The van der Waals surface area contributed by atoms with Gasteiger partial charge in [-0.05, 0) is 68.2 Å². The van der Waals surface area contributed by atoms with E-state index in [1.807, 2.05) is 12.1 Å². The van der Waals surface area contributed by atoms with Crippen molar-refractivity contribution >= 4 is 28.3 Å². The first-order valence-electron chi connectivity index (χ1n) is 10.2. The van der Waals surface area contributed by atoms with Crippen LogP contribution >= 0.6 is 11.6 Å². The summed E-state index contributed by atoms with van der Waals surface area (Å²) < 4.78 is 14.7. The van der Waals surface area contributed by atoms with Crippen molar-refractivity contribution in [1.29, 1.82) is 0 Å². The van der Waals surface area contributed by atoms with E-state index in [0.29, 0.717) is 10.6 Å². The van der Waals surface area contributed by atoms with Gasteiger partial charge in [0.2, 0.25) is 0 Å². The van der Waals surface area contributed by atoms with Crippen molar-refractivity contribution in [2.24, 2.45) is 13.0 Å². The molecular formula is C24H24ClFN2O2. The van der Waals surface area contributed by atoms with Gasteiger partial charge in [-0.25, -0.2) is 4.39 Å². The highest BCUT2D eigenvalue weighted by atomic mass is 35.5. The number of rotatable bonds is 5. The second-order valence-corrected chi connectivity index (χ2v) is 8.35. The van der Waals surface area contributed by atoms with Crippen LogP contribution in [0.4, 0.5) is 4.39 Å². The minimum absolute atomic E-state index is 0.0182. The molecule has 0 radical (unpaired) electrons. The summed E-state index contributed by atoms with van der Waals surface area (Å²) >= 11 is 6.34. The lowest BCUT2D eigenvalue weighted by Gasteiger charge is -2.31. The zero-order valence-electron chi connectivity index (χ0n) is 16.9. The fourth-order valence-corrected chi connectivity index (χ4v) is 4.60. The van der Waals surface area contributed by atoms with Crippen LogP contribution in [0.15, 0.2) is 53.3 Å². The maximum absolute atomic E-state index is 13.1. The van der Waals surface area contributed by atoms with E-state index in [2.05, 4.69) is 4.90 Å². The third-order valence-corrected chi connectivity index (χ3v) is 6.39. The summed E-state index contributed by atoms with van der Waals surface area (Å²) in [6.07, 6.45) is 2.34. The molecule has 0 bridgehead atoms.